The van der Waals surface area contributed by atoms with Crippen LogP contribution in [0.5, 0.6) is 0 Å². The Kier molecular flexibility index (Phi) is 7.19. The summed E-state index contributed by atoms with van der Waals surface area (Å²) in [6, 6.07) is 11.6. The van der Waals surface area contributed by atoms with E-state index in [4.69, 9.17) is 0 Å². The first kappa shape index (κ1) is 23.4. The van der Waals surface area contributed by atoms with E-state index in [0.29, 0.717) is 23.7 Å². The molecule has 0 spiro atoms. The molecule has 0 atom stereocenters. The first-order chi connectivity index (χ1) is 14.6. The Morgan fingerprint density at radius 3 is 1.42 bits per heavy atom. The highest BCUT2D eigenvalue weighted by Crippen LogP contribution is 2.41. The van der Waals surface area contributed by atoms with Gasteiger partial charge in [-0.3, -0.25) is 0 Å². The topological polar surface area (TPSA) is 6.48 Å². The minimum atomic E-state index is 0.482. The molecule has 1 fully saturated rings. The Balaban J connectivity index is 2.07. The fourth-order valence-electron chi connectivity index (χ4n) is 4.90. The SMILES string of the molecule is C=Cc1cc(C(C)C)c(N2CCN(c3c(C(C)C)cccc3C(C)C)C2)c(C(C)C)c1. The van der Waals surface area contributed by atoms with Gasteiger partial charge in [0, 0.05) is 24.5 Å². The second kappa shape index (κ2) is 9.51. The molecule has 0 aliphatic carbocycles. The average Bonchev–Trinajstić information content (AvgIpc) is 3.21. The molecule has 168 valence electrons. The van der Waals surface area contributed by atoms with Crippen molar-refractivity contribution in [2.75, 3.05) is 29.6 Å². The first-order valence-electron chi connectivity index (χ1n) is 12.1. The highest BCUT2D eigenvalue weighted by atomic mass is 15.4. The number of hydrogen-bond acceptors (Lipinski definition) is 2. The molecule has 3 rings (SSSR count). The monoisotopic (exact) mass is 418 g/mol. The second-order valence-electron chi connectivity index (χ2n) is 10.3. The first-order valence-corrected chi connectivity index (χ1v) is 12.1. The summed E-state index contributed by atoms with van der Waals surface area (Å²) >= 11 is 0. The fourth-order valence-corrected chi connectivity index (χ4v) is 4.90. The van der Waals surface area contributed by atoms with Gasteiger partial charge in [-0.25, -0.2) is 0 Å². The standard InChI is InChI=1S/C29H42N2/c1-10-23-16-26(21(6)7)29(27(17-23)22(8)9)31-15-14-30(18-31)28-24(19(2)3)12-11-13-25(28)20(4)5/h10-13,16-17,19-22H,1,14-15,18H2,2-9H3. The molecular formula is C29H42N2. The van der Waals surface area contributed by atoms with E-state index in [1.54, 1.807) is 0 Å². The zero-order chi connectivity index (χ0) is 22.9. The van der Waals surface area contributed by atoms with Gasteiger partial charge in [-0.15, -0.1) is 0 Å². The lowest BCUT2D eigenvalue weighted by atomic mass is 9.89. The molecule has 1 heterocycles. The predicted octanol–water partition coefficient (Wildman–Crippen LogP) is 8.11. The smallest absolute Gasteiger partial charge is 0.0904 e. The van der Waals surface area contributed by atoms with Gasteiger partial charge in [-0.2, -0.15) is 0 Å². The lowest BCUT2D eigenvalue weighted by molar-refractivity contribution is 0.797. The molecule has 2 nitrogen and oxygen atoms in total. The molecule has 1 saturated heterocycles. The fraction of sp³-hybridized carbons (Fsp3) is 0.517. The van der Waals surface area contributed by atoms with E-state index in [2.05, 4.69) is 102 Å². The molecule has 1 aliphatic heterocycles. The van der Waals surface area contributed by atoms with Gasteiger partial charge in [-0.05, 0) is 63.6 Å². The van der Waals surface area contributed by atoms with Crippen LogP contribution in [0.1, 0.15) is 107 Å². The second-order valence-corrected chi connectivity index (χ2v) is 10.3. The summed E-state index contributed by atoms with van der Waals surface area (Å²) in [6.07, 6.45) is 1.99. The van der Waals surface area contributed by atoms with Crippen LogP contribution >= 0.6 is 0 Å². The number of nitrogens with zero attached hydrogens (tertiary/aromatic N) is 2. The number of hydrogen-bond donors (Lipinski definition) is 0. The molecule has 0 bridgehead atoms. The van der Waals surface area contributed by atoms with E-state index < -0.39 is 0 Å². The van der Waals surface area contributed by atoms with Crippen LogP contribution in [0.2, 0.25) is 0 Å². The molecule has 0 amide bonds. The van der Waals surface area contributed by atoms with Crippen LogP contribution < -0.4 is 9.80 Å². The molecule has 0 aromatic heterocycles. The number of anilines is 2. The van der Waals surface area contributed by atoms with Crippen molar-refractivity contribution in [2.24, 2.45) is 0 Å². The van der Waals surface area contributed by atoms with Crippen molar-refractivity contribution >= 4 is 17.5 Å². The quantitative estimate of drug-likeness (QED) is 0.448. The predicted molar refractivity (Wildman–Crippen MR) is 139 cm³/mol. The minimum absolute atomic E-state index is 0.482. The average molecular weight is 419 g/mol. The molecular weight excluding hydrogens is 376 g/mol. The zero-order valence-corrected chi connectivity index (χ0v) is 21.0. The third-order valence-electron chi connectivity index (χ3n) is 6.63. The summed E-state index contributed by atoms with van der Waals surface area (Å²) in [5.41, 5.74) is 10.0. The zero-order valence-electron chi connectivity index (χ0n) is 21.0. The molecule has 0 N–H and O–H groups in total. The van der Waals surface area contributed by atoms with Crippen LogP contribution in [0.25, 0.3) is 6.08 Å². The molecule has 2 heteroatoms. The minimum Gasteiger partial charge on any atom is -0.352 e. The summed E-state index contributed by atoms with van der Waals surface area (Å²) in [4.78, 5) is 5.25. The molecule has 0 radical (unpaired) electrons. The van der Waals surface area contributed by atoms with Crippen LogP contribution in [0, 0.1) is 0 Å². The summed E-state index contributed by atoms with van der Waals surface area (Å²) in [5.74, 6) is 2.01. The van der Waals surface area contributed by atoms with Gasteiger partial charge in [0.2, 0.25) is 0 Å². The van der Waals surface area contributed by atoms with E-state index in [1.165, 1.54) is 39.2 Å². The van der Waals surface area contributed by atoms with Crippen molar-refractivity contribution in [1.82, 2.24) is 0 Å². The van der Waals surface area contributed by atoms with Crippen LogP contribution in [-0.2, 0) is 0 Å². The maximum absolute atomic E-state index is 4.04. The van der Waals surface area contributed by atoms with E-state index in [-0.39, 0.29) is 0 Å². The Hall–Kier alpha value is -2.22. The largest absolute Gasteiger partial charge is 0.352 e. The van der Waals surface area contributed by atoms with Crippen LogP contribution in [0.15, 0.2) is 36.9 Å². The Bertz CT molecular complexity index is 865. The molecule has 2 aromatic rings. The summed E-state index contributed by atoms with van der Waals surface area (Å²) in [6.45, 7) is 25.7. The lowest BCUT2D eigenvalue weighted by Crippen LogP contribution is -2.28. The Morgan fingerprint density at radius 2 is 1.06 bits per heavy atom. The van der Waals surface area contributed by atoms with E-state index in [0.717, 1.165) is 19.8 Å². The third kappa shape index (κ3) is 4.68. The van der Waals surface area contributed by atoms with Gasteiger partial charge < -0.3 is 9.80 Å². The number of benzene rings is 2. The number of para-hydroxylation sites is 1. The highest BCUT2D eigenvalue weighted by molar-refractivity contribution is 5.70. The van der Waals surface area contributed by atoms with Crippen molar-refractivity contribution in [2.45, 2.75) is 79.1 Å². The maximum Gasteiger partial charge on any atom is 0.0904 e. The summed E-state index contributed by atoms with van der Waals surface area (Å²) < 4.78 is 0. The third-order valence-corrected chi connectivity index (χ3v) is 6.63. The van der Waals surface area contributed by atoms with Crippen molar-refractivity contribution in [3.05, 3.63) is 64.7 Å². The van der Waals surface area contributed by atoms with Gasteiger partial charge in [0.05, 0.1) is 6.67 Å². The van der Waals surface area contributed by atoms with Crippen LogP contribution in [0.4, 0.5) is 11.4 Å². The molecule has 31 heavy (non-hydrogen) atoms. The Labute approximate surface area is 191 Å². The van der Waals surface area contributed by atoms with Gasteiger partial charge in [0.1, 0.15) is 0 Å². The molecule has 2 aromatic carbocycles. The molecule has 0 saturated carbocycles. The van der Waals surface area contributed by atoms with Gasteiger partial charge >= 0.3 is 0 Å². The summed E-state index contributed by atoms with van der Waals surface area (Å²) in [7, 11) is 0. The molecule has 0 unspecified atom stereocenters. The van der Waals surface area contributed by atoms with Crippen LogP contribution in [0.3, 0.4) is 0 Å². The summed E-state index contributed by atoms with van der Waals surface area (Å²) in [5, 5.41) is 0. The van der Waals surface area contributed by atoms with Crippen molar-refractivity contribution in [3.63, 3.8) is 0 Å². The molecule has 1 aliphatic rings. The maximum atomic E-state index is 4.04. The van der Waals surface area contributed by atoms with Crippen molar-refractivity contribution in [1.29, 1.82) is 0 Å². The van der Waals surface area contributed by atoms with Crippen molar-refractivity contribution < 1.29 is 0 Å². The van der Waals surface area contributed by atoms with Gasteiger partial charge in [-0.1, -0.05) is 86.2 Å². The van der Waals surface area contributed by atoms with E-state index in [1.807, 2.05) is 6.08 Å². The number of rotatable bonds is 7. The van der Waals surface area contributed by atoms with E-state index in [9.17, 15) is 0 Å². The highest BCUT2D eigenvalue weighted by Gasteiger charge is 2.29. The van der Waals surface area contributed by atoms with Crippen molar-refractivity contribution in [3.8, 4) is 0 Å². The lowest BCUT2D eigenvalue weighted by Gasteiger charge is -2.31. The van der Waals surface area contributed by atoms with Crippen LogP contribution in [-0.4, -0.2) is 19.8 Å². The normalized spacial score (nSPS) is 14.6. The Morgan fingerprint density at radius 1 is 0.677 bits per heavy atom. The van der Waals surface area contributed by atoms with Gasteiger partial charge in [0.25, 0.3) is 0 Å². The van der Waals surface area contributed by atoms with E-state index >= 15 is 0 Å². The van der Waals surface area contributed by atoms with Gasteiger partial charge in [0.15, 0.2) is 0 Å².